The van der Waals surface area contributed by atoms with E-state index < -0.39 is 0 Å². The lowest BCUT2D eigenvalue weighted by Gasteiger charge is -2.09. The summed E-state index contributed by atoms with van der Waals surface area (Å²) in [5.74, 6) is 0.846. The molecule has 0 bridgehead atoms. The Bertz CT molecular complexity index is 502. The normalized spacial score (nSPS) is 12.4. The quantitative estimate of drug-likeness (QED) is 0.850. The van der Waals surface area contributed by atoms with Gasteiger partial charge in [-0.2, -0.15) is 0 Å². The lowest BCUT2D eigenvalue weighted by atomic mass is 10.1. The first-order chi connectivity index (χ1) is 9.22. The van der Waals surface area contributed by atoms with Crippen LogP contribution in [0, 0.1) is 0 Å². The van der Waals surface area contributed by atoms with E-state index in [-0.39, 0.29) is 6.10 Å². The van der Waals surface area contributed by atoms with Crippen LogP contribution < -0.4 is 4.74 Å². The van der Waals surface area contributed by atoms with Crippen molar-refractivity contribution in [2.75, 3.05) is 0 Å². The smallest absolute Gasteiger partial charge is 0.122 e. The largest absolute Gasteiger partial charge is 0.488 e. The highest BCUT2D eigenvalue weighted by Crippen LogP contribution is 2.22. The molecular formula is C16H20O2S. The van der Waals surface area contributed by atoms with Crippen LogP contribution in [0.4, 0.5) is 0 Å². The summed E-state index contributed by atoms with van der Waals surface area (Å²) in [6, 6.07) is 12.0. The molecule has 0 fully saturated rings. The van der Waals surface area contributed by atoms with Crippen molar-refractivity contribution in [1.29, 1.82) is 0 Å². The lowest BCUT2D eigenvalue weighted by Crippen LogP contribution is -1.96. The topological polar surface area (TPSA) is 29.5 Å². The molecule has 102 valence electrons. The van der Waals surface area contributed by atoms with E-state index in [1.807, 2.05) is 31.2 Å². The molecule has 1 atom stereocenters. The minimum atomic E-state index is -0.376. The first kappa shape index (κ1) is 14.1. The van der Waals surface area contributed by atoms with E-state index in [9.17, 15) is 5.11 Å². The maximum atomic E-state index is 9.72. The van der Waals surface area contributed by atoms with E-state index >= 15 is 0 Å². The summed E-state index contributed by atoms with van der Waals surface area (Å²) in [6.07, 6.45) is 1.43. The Morgan fingerprint density at radius 2 is 1.74 bits per heavy atom. The van der Waals surface area contributed by atoms with Crippen molar-refractivity contribution in [2.45, 2.75) is 39.4 Å². The summed E-state index contributed by atoms with van der Waals surface area (Å²) in [7, 11) is 0. The number of aryl methyl sites for hydroxylation is 1. The first-order valence-electron chi connectivity index (χ1n) is 6.71. The van der Waals surface area contributed by atoms with Gasteiger partial charge in [0, 0.05) is 9.75 Å². The molecule has 0 spiro atoms. The Morgan fingerprint density at radius 1 is 1.05 bits per heavy atom. The Labute approximate surface area is 118 Å². The number of thiophene rings is 1. The zero-order valence-corrected chi connectivity index (χ0v) is 12.2. The van der Waals surface area contributed by atoms with Gasteiger partial charge in [-0.1, -0.05) is 26.0 Å². The third kappa shape index (κ3) is 3.82. The van der Waals surface area contributed by atoms with Gasteiger partial charge in [0.1, 0.15) is 12.4 Å². The van der Waals surface area contributed by atoms with E-state index in [1.54, 1.807) is 11.3 Å². The molecule has 1 aromatic heterocycles. The van der Waals surface area contributed by atoms with E-state index in [4.69, 9.17) is 4.74 Å². The molecule has 0 saturated heterocycles. The van der Waals surface area contributed by atoms with E-state index in [0.717, 1.165) is 24.2 Å². The van der Waals surface area contributed by atoms with Gasteiger partial charge in [0.25, 0.3) is 0 Å². The van der Waals surface area contributed by atoms with Gasteiger partial charge in [0.15, 0.2) is 0 Å². The molecular weight excluding hydrogens is 256 g/mol. The second-order valence-corrected chi connectivity index (χ2v) is 5.76. The Kier molecular flexibility index (Phi) is 5.00. The van der Waals surface area contributed by atoms with Crippen LogP contribution in [-0.4, -0.2) is 5.11 Å². The molecule has 0 radical (unpaired) electrons. The van der Waals surface area contributed by atoms with Crippen molar-refractivity contribution in [1.82, 2.24) is 0 Å². The van der Waals surface area contributed by atoms with Crippen LogP contribution in [0.1, 0.15) is 41.7 Å². The maximum Gasteiger partial charge on any atom is 0.122 e. The van der Waals surface area contributed by atoms with Crippen molar-refractivity contribution in [3.05, 3.63) is 51.7 Å². The minimum Gasteiger partial charge on any atom is -0.488 e. The molecule has 0 aliphatic carbocycles. The summed E-state index contributed by atoms with van der Waals surface area (Å²) < 4.78 is 5.75. The van der Waals surface area contributed by atoms with Gasteiger partial charge >= 0.3 is 0 Å². The number of ether oxygens (including phenoxy) is 1. The second kappa shape index (κ2) is 6.73. The Morgan fingerprint density at radius 3 is 2.32 bits per heavy atom. The van der Waals surface area contributed by atoms with E-state index in [0.29, 0.717) is 6.61 Å². The molecule has 0 saturated carbocycles. The van der Waals surface area contributed by atoms with Crippen molar-refractivity contribution >= 4 is 11.3 Å². The standard InChI is InChI=1S/C16H20O2S/c1-3-14-9-10-15(19-14)11-18-13-7-5-12(6-8-13)16(17)4-2/h5-10,16-17H,3-4,11H2,1-2H3/t16-/m0/s1. The molecule has 2 aromatic rings. The number of aliphatic hydroxyl groups is 1. The number of rotatable bonds is 6. The van der Waals surface area contributed by atoms with Crippen molar-refractivity contribution in [3.8, 4) is 5.75 Å². The fourth-order valence-corrected chi connectivity index (χ4v) is 2.74. The predicted octanol–water partition coefficient (Wildman–Crippen LogP) is 4.33. The average Bonchev–Trinajstić information content (AvgIpc) is 2.93. The molecule has 0 unspecified atom stereocenters. The second-order valence-electron chi connectivity index (χ2n) is 4.50. The summed E-state index contributed by atoms with van der Waals surface area (Å²) >= 11 is 1.80. The van der Waals surface area contributed by atoms with Crippen LogP contribution in [0.5, 0.6) is 5.75 Å². The first-order valence-corrected chi connectivity index (χ1v) is 7.53. The van der Waals surface area contributed by atoms with Gasteiger partial charge in [0.05, 0.1) is 6.10 Å². The summed E-state index contributed by atoms with van der Waals surface area (Å²) in [5.41, 5.74) is 0.944. The lowest BCUT2D eigenvalue weighted by molar-refractivity contribution is 0.173. The van der Waals surface area contributed by atoms with Crippen LogP contribution in [0.3, 0.4) is 0 Å². The summed E-state index contributed by atoms with van der Waals surface area (Å²) in [4.78, 5) is 2.63. The molecule has 1 heterocycles. The SMILES string of the molecule is CCc1ccc(COc2ccc([C@@H](O)CC)cc2)s1. The van der Waals surface area contributed by atoms with Crippen LogP contribution >= 0.6 is 11.3 Å². The van der Waals surface area contributed by atoms with E-state index in [1.165, 1.54) is 9.75 Å². The van der Waals surface area contributed by atoms with Crippen LogP contribution in [0.2, 0.25) is 0 Å². The zero-order valence-electron chi connectivity index (χ0n) is 11.4. The van der Waals surface area contributed by atoms with Crippen LogP contribution in [0.25, 0.3) is 0 Å². The molecule has 0 aliphatic rings. The zero-order chi connectivity index (χ0) is 13.7. The number of benzene rings is 1. The van der Waals surface area contributed by atoms with Gasteiger partial charge in [-0.3, -0.25) is 0 Å². The van der Waals surface area contributed by atoms with Gasteiger partial charge in [0.2, 0.25) is 0 Å². The van der Waals surface area contributed by atoms with Gasteiger partial charge in [-0.15, -0.1) is 11.3 Å². The molecule has 1 N–H and O–H groups in total. The highest BCUT2D eigenvalue weighted by molar-refractivity contribution is 7.11. The Hall–Kier alpha value is -1.32. The molecule has 2 nitrogen and oxygen atoms in total. The van der Waals surface area contributed by atoms with Gasteiger partial charge in [-0.05, 0) is 42.7 Å². The highest BCUT2D eigenvalue weighted by Gasteiger charge is 2.05. The van der Waals surface area contributed by atoms with Crippen LogP contribution in [-0.2, 0) is 13.0 Å². The third-order valence-electron chi connectivity index (χ3n) is 3.10. The Balaban J connectivity index is 1.92. The highest BCUT2D eigenvalue weighted by atomic mass is 32.1. The van der Waals surface area contributed by atoms with Crippen molar-refractivity contribution in [3.63, 3.8) is 0 Å². The fraction of sp³-hybridized carbons (Fsp3) is 0.375. The molecule has 2 rings (SSSR count). The summed E-state index contributed by atoms with van der Waals surface area (Å²) in [6.45, 7) is 4.74. The molecule has 0 amide bonds. The minimum absolute atomic E-state index is 0.376. The summed E-state index contributed by atoms with van der Waals surface area (Å²) in [5, 5.41) is 9.72. The molecule has 19 heavy (non-hydrogen) atoms. The number of aliphatic hydroxyl groups excluding tert-OH is 1. The molecule has 3 heteroatoms. The predicted molar refractivity (Wildman–Crippen MR) is 79.7 cm³/mol. The van der Waals surface area contributed by atoms with Crippen molar-refractivity contribution in [2.24, 2.45) is 0 Å². The maximum absolute atomic E-state index is 9.72. The van der Waals surface area contributed by atoms with Gasteiger partial charge < -0.3 is 9.84 Å². The number of hydrogen-bond donors (Lipinski definition) is 1. The average molecular weight is 276 g/mol. The van der Waals surface area contributed by atoms with Crippen LogP contribution in [0.15, 0.2) is 36.4 Å². The fourth-order valence-electron chi connectivity index (χ4n) is 1.87. The molecule has 1 aromatic carbocycles. The van der Waals surface area contributed by atoms with Gasteiger partial charge in [-0.25, -0.2) is 0 Å². The van der Waals surface area contributed by atoms with Crippen molar-refractivity contribution < 1.29 is 9.84 Å². The molecule has 0 aliphatic heterocycles. The van der Waals surface area contributed by atoms with E-state index in [2.05, 4.69) is 19.1 Å². The third-order valence-corrected chi connectivity index (χ3v) is 4.30. The number of hydrogen-bond acceptors (Lipinski definition) is 3. The monoisotopic (exact) mass is 276 g/mol.